The summed E-state index contributed by atoms with van der Waals surface area (Å²) < 4.78 is 20.2. The van der Waals surface area contributed by atoms with Crippen LogP contribution < -0.4 is 14.2 Å². The maximum atomic E-state index is 12.1. The third-order valence-corrected chi connectivity index (χ3v) is 3.60. The standard InChI is InChI=1S/C21H20O7/c1-13(22)27-17-11-9-15(12-19(17)28-14(2)23)8-10-16-6-5-7-18(25-3)20(16)21(24)26-4/h5-12H,1-4H3/b10-8+. The first-order valence-electron chi connectivity index (χ1n) is 8.30. The number of ether oxygens (including phenoxy) is 4. The first kappa shape index (κ1) is 20.7. The van der Waals surface area contributed by atoms with Crippen molar-refractivity contribution >= 4 is 30.1 Å². The minimum atomic E-state index is -0.546. The molecule has 0 aromatic heterocycles. The van der Waals surface area contributed by atoms with Crippen LogP contribution in [0, 0.1) is 0 Å². The van der Waals surface area contributed by atoms with Crippen LogP contribution in [0.1, 0.15) is 35.3 Å². The van der Waals surface area contributed by atoms with Gasteiger partial charge in [-0.25, -0.2) is 4.79 Å². The van der Waals surface area contributed by atoms with Gasteiger partial charge in [-0.05, 0) is 29.3 Å². The summed E-state index contributed by atoms with van der Waals surface area (Å²) in [6, 6.07) is 9.90. The Labute approximate surface area is 162 Å². The van der Waals surface area contributed by atoms with Crippen molar-refractivity contribution in [1.29, 1.82) is 0 Å². The Morgan fingerprint density at radius 3 is 2.11 bits per heavy atom. The van der Waals surface area contributed by atoms with Gasteiger partial charge in [-0.1, -0.05) is 30.4 Å². The largest absolute Gasteiger partial charge is 0.496 e. The average Bonchev–Trinajstić information content (AvgIpc) is 2.66. The SMILES string of the molecule is COC(=O)c1c(/C=C/c2ccc(OC(C)=O)c(OC(C)=O)c2)cccc1OC. The van der Waals surface area contributed by atoms with Gasteiger partial charge in [0.1, 0.15) is 11.3 Å². The molecular weight excluding hydrogens is 364 g/mol. The number of carbonyl (C=O) groups excluding carboxylic acids is 3. The van der Waals surface area contributed by atoms with Crippen LogP contribution in [0.15, 0.2) is 36.4 Å². The van der Waals surface area contributed by atoms with E-state index in [2.05, 4.69) is 0 Å². The van der Waals surface area contributed by atoms with Crippen molar-refractivity contribution in [2.75, 3.05) is 14.2 Å². The summed E-state index contributed by atoms with van der Waals surface area (Å²) in [5.74, 6) is -0.964. The zero-order valence-electron chi connectivity index (χ0n) is 16.0. The molecule has 0 aliphatic rings. The number of hydrogen-bond acceptors (Lipinski definition) is 7. The van der Waals surface area contributed by atoms with Crippen molar-refractivity contribution < 1.29 is 33.3 Å². The van der Waals surface area contributed by atoms with Crippen LogP contribution in [0.4, 0.5) is 0 Å². The quantitative estimate of drug-likeness (QED) is 0.428. The summed E-state index contributed by atoms with van der Waals surface area (Å²) in [7, 11) is 2.76. The molecule has 7 nitrogen and oxygen atoms in total. The molecule has 0 saturated carbocycles. The number of benzene rings is 2. The molecule has 7 heteroatoms. The zero-order valence-corrected chi connectivity index (χ0v) is 16.0. The molecule has 0 radical (unpaired) electrons. The van der Waals surface area contributed by atoms with Crippen LogP contribution in [-0.4, -0.2) is 32.1 Å². The van der Waals surface area contributed by atoms with Gasteiger partial charge in [0.05, 0.1) is 14.2 Å². The highest BCUT2D eigenvalue weighted by atomic mass is 16.6. The Morgan fingerprint density at radius 1 is 0.821 bits per heavy atom. The molecule has 146 valence electrons. The summed E-state index contributed by atoms with van der Waals surface area (Å²) >= 11 is 0. The van der Waals surface area contributed by atoms with Crippen LogP contribution in [0.25, 0.3) is 12.2 Å². The van der Waals surface area contributed by atoms with Crippen molar-refractivity contribution in [2.24, 2.45) is 0 Å². The average molecular weight is 384 g/mol. The van der Waals surface area contributed by atoms with Crippen molar-refractivity contribution in [2.45, 2.75) is 13.8 Å². The van der Waals surface area contributed by atoms with Crippen LogP contribution in [0.5, 0.6) is 17.2 Å². The molecule has 0 N–H and O–H groups in total. The molecule has 2 aromatic rings. The maximum absolute atomic E-state index is 12.1. The Morgan fingerprint density at radius 2 is 1.50 bits per heavy atom. The predicted octanol–water partition coefficient (Wildman–Crippen LogP) is 3.50. The summed E-state index contributed by atoms with van der Waals surface area (Å²) in [5, 5.41) is 0. The van der Waals surface area contributed by atoms with E-state index in [1.807, 2.05) is 0 Å². The van der Waals surface area contributed by atoms with Gasteiger partial charge in [0.25, 0.3) is 0 Å². The molecule has 28 heavy (non-hydrogen) atoms. The molecule has 0 aliphatic heterocycles. The van der Waals surface area contributed by atoms with E-state index < -0.39 is 17.9 Å². The topological polar surface area (TPSA) is 88.1 Å². The smallest absolute Gasteiger partial charge is 0.342 e. The minimum absolute atomic E-state index is 0.115. The summed E-state index contributed by atoms with van der Waals surface area (Å²) in [5.41, 5.74) is 1.54. The summed E-state index contributed by atoms with van der Waals surface area (Å²) in [4.78, 5) is 34.6. The van der Waals surface area contributed by atoms with Gasteiger partial charge in [-0.2, -0.15) is 0 Å². The van der Waals surface area contributed by atoms with Crippen LogP contribution in [-0.2, 0) is 14.3 Å². The van der Waals surface area contributed by atoms with Crippen molar-refractivity contribution in [3.63, 3.8) is 0 Å². The van der Waals surface area contributed by atoms with E-state index in [9.17, 15) is 14.4 Å². The minimum Gasteiger partial charge on any atom is -0.496 e. The van der Waals surface area contributed by atoms with Gasteiger partial charge in [0.15, 0.2) is 11.5 Å². The summed E-state index contributed by atoms with van der Waals surface area (Å²) in [6.07, 6.45) is 3.42. The maximum Gasteiger partial charge on any atom is 0.342 e. The second kappa shape index (κ2) is 9.36. The van der Waals surface area contributed by atoms with Gasteiger partial charge in [0.2, 0.25) is 0 Å². The fourth-order valence-corrected chi connectivity index (χ4v) is 2.47. The van der Waals surface area contributed by atoms with Gasteiger partial charge < -0.3 is 18.9 Å². The van der Waals surface area contributed by atoms with Gasteiger partial charge in [-0.3, -0.25) is 9.59 Å². The Balaban J connectivity index is 2.42. The molecule has 0 heterocycles. The van der Waals surface area contributed by atoms with Gasteiger partial charge in [0, 0.05) is 13.8 Å². The first-order valence-corrected chi connectivity index (χ1v) is 8.30. The second-order valence-corrected chi connectivity index (χ2v) is 5.64. The molecule has 0 saturated heterocycles. The van der Waals surface area contributed by atoms with Gasteiger partial charge in [-0.15, -0.1) is 0 Å². The normalized spacial score (nSPS) is 10.4. The Bertz CT molecular complexity index is 928. The lowest BCUT2D eigenvalue weighted by Gasteiger charge is -2.10. The van der Waals surface area contributed by atoms with E-state index in [1.165, 1.54) is 34.1 Å². The lowest BCUT2D eigenvalue weighted by Crippen LogP contribution is -2.07. The summed E-state index contributed by atoms with van der Waals surface area (Å²) in [6.45, 7) is 2.50. The molecule has 0 aliphatic carbocycles. The predicted molar refractivity (Wildman–Crippen MR) is 102 cm³/mol. The highest BCUT2D eigenvalue weighted by molar-refractivity contribution is 5.97. The van der Waals surface area contributed by atoms with Gasteiger partial charge >= 0.3 is 17.9 Å². The molecule has 0 unspecified atom stereocenters. The number of methoxy groups -OCH3 is 2. The van der Waals surface area contributed by atoms with Crippen LogP contribution in [0.3, 0.4) is 0 Å². The van der Waals surface area contributed by atoms with Crippen LogP contribution >= 0.6 is 0 Å². The third-order valence-electron chi connectivity index (χ3n) is 3.60. The van der Waals surface area contributed by atoms with Crippen molar-refractivity contribution in [3.05, 3.63) is 53.1 Å². The molecule has 0 amide bonds. The lowest BCUT2D eigenvalue weighted by molar-refractivity contribution is -0.134. The van der Waals surface area contributed by atoms with E-state index in [1.54, 1.807) is 42.5 Å². The Hall–Kier alpha value is -3.61. The molecule has 2 aromatic carbocycles. The lowest BCUT2D eigenvalue weighted by atomic mass is 10.0. The molecular formula is C21H20O7. The number of carbonyl (C=O) groups is 3. The highest BCUT2D eigenvalue weighted by Gasteiger charge is 2.16. The van der Waals surface area contributed by atoms with E-state index in [-0.39, 0.29) is 11.5 Å². The number of hydrogen-bond donors (Lipinski definition) is 0. The van der Waals surface area contributed by atoms with Crippen LogP contribution in [0.2, 0.25) is 0 Å². The van der Waals surface area contributed by atoms with Crippen molar-refractivity contribution in [1.82, 2.24) is 0 Å². The molecule has 0 spiro atoms. The molecule has 0 atom stereocenters. The number of esters is 3. The molecule has 0 fully saturated rings. The zero-order chi connectivity index (χ0) is 20.7. The van der Waals surface area contributed by atoms with E-state index in [0.29, 0.717) is 22.4 Å². The second-order valence-electron chi connectivity index (χ2n) is 5.64. The molecule has 0 bridgehead atoms. The monoisotopic (exact) mass is 384 g/mol. The fourth-order valence-electron chi connectivity index (χ4n) is 2.47. The first-order chi connectivity index (χ1) is 13.3. The highest BCUT2D eigenvalue weighted by Crippen LogP contribution is 2.30. The number of rotatable bonds is 6. The third kappa shape index (κ3) is 5.20. The van der Waals surface area contributed by atoms with Crippen molar-refractivity contribution in [3.8, 4) is 17.2 Å². The van der Waals surface area contributed by atoms with E-state index in [0.717, 1.165) is 0 Å². The van der Waals surface area contributed by atoms with E-state index >= 15 is 0 Å². The molecule has 2 rings (SSSR count). The fraction of sp³-hybridized carbons (Fsp3) is 0.190. The van der Waals surface area contributed by atoms with E-state index in [4.69, 9.17) is 18.9 Å². The Kier molecular flexibility index (Phi) is 6.92.